The summed E-state index contributed by atoms with van der Waals surface area (Å²) in [7, 11) is 0. The van der Waals surface area contributed by atoms with Crippen LogP contribution < -0.4 is 5.32 Å². The van der Waals surface area contributed by atoms with Crippen molar-refractivity contribution in [3.63, 3.8) is 0 Å². The van der Waals surface area contributed by atoms with E-state index in [9.17, 15) is 24.5 Å². The molecule has 14 nitrogen and oxygen atoms in total. The van der Waals surface area contributed by atoms with Crippen molar-refractivity contribution in [2.24, 2.45) is 0 Å². The van der Waals surface area contributed by atoms with Crippen LogP contribution in [-0.4, -0.2) is 85.4 Å². The molecule has 0 spiro atoms. The van der Waals surface area contributed by atoms with Gasteiger partial charge in [0.25, 0.3) is 5.91 Å². The number of amides is 3. The minimum Gasteiger partial charge on any atom is -0.450 e. The maximum absolute atomic E-state index is 12.9. The van der Waals surface area contributed by atoms with Crippen LogP contribution in [0.1, 0.15) is 36.1 Å². The quantitative estimate of drug-likeness (QED) is 0.486. The molecule has 2 aromatic rings. The Balaban J connectivity index is 1.62. The van der Waals surface area contributed by atoms with Gasteiger partial charge in [-0.2, -0.15) is 5.10 Å². The largest absolute Gasteiger partial charge is 0.450 e. The summed E-state index contributed by atoms with van der Waals surface area (Å²) in [5.41, 5.74) is 0.676. The standard InChI is InChI=1S/C18H24N8O6/c1-4-32-18(29)24-7-5-23(6-8-24)17(28)12(3)25-10-14(11(2)22-25)19-16(27)13-9-15(21-20-13)26(30)31/h9-10,12H,4-8H2,1-3H3,(H,19,27)(H,20,21). The molecule has 3 heterocycles. The monoisotopic (exact) mass is 448 g/mol. The Hall–Kier alpha value is -3.97. The average molecular weight is 448 g/mol. The molecule has 1 aliphatic rings. The third kappa shape index (κ3) is 4.84. The number of rotatable bonds is 6. The number of hydrogen-bond donors (Lipinski definition) is 2. The van der Waals surface area contributed by atoms with Crippen molar-refractivity contribution < 1.29 is 24.0 Å². The molecule has 0 radical (unpaired) electrons. The van der Waals surface area contributed by atoms with Crippen LogP contribution in [0.2, 0.25) is 0 Å². The fourth-order valence-corrected chi connectivity index (χ4v) is 3.21. The Bertz CT molecular complexity index is 1020. The van der Waals surface area contributed by atoms with Crippen LogP contribution in [0.25, 0.3) is 0 Å². The Morgan fingerprint density at radius 2 is 1.94 bits per heavy atom. The number of hydrogen-bond acceptors (Lipinski definition) is 8. The maximum atomic E-state index is 12.9. The number of nitrogens with zero attached hydrogens (tertiary/aromatic N) is 6. The first-order valence-corrected chi connectivity index (χ1v) is 9.98. The first kappa shape index (κ1) is 22.7. The average Bonchev–Trinajstić information content (AvgIpc) is 3.41. The van der Waals surface area contributed by atoms with Crippen molar-refractivity contribution in [3.05, 3.63) is 33.8 Å². The van der Waals surface area contributed by atoms with Gasteiger partial charge in [-0.15, -0.1) is 5.10 Å². The molecule has 2 N–H and O–H groups in total. The van der Waals surface area contributed by atoms with Crippen LogP contribution in [-0.2, 0) is 9.53 Å². The molecule has 1 aliphatic heterocycles. The van der Waals surface area contributed by atoms with Gasteiger partial charge in [-0.1, -0.05) is 5.10 Å². The highest BCUT2D eigenvalue weighted by molar-refractivity contribution is 6.03. The molecule has 1 fully saturated rings. The van der Waals surface area contributed by atoms with Crippen molar-refractivity contribution in [3.8, 4) is 0 Å². The number of carbonyl (C=O) groups is 3. The van der Waals surface area contributed by atoms with Crippen molar-refractivity contribution in [2.75, 3.05) is 38.1 Å². The topological polar surface area (TPSA) is 169 Å². The molecule has 2 aromatic heterocycles. The highest BCUT2D eigenvalue weighted by atomic mass is 16.6. The van der Waals surface area contributed by atoms with Crippen molar-refractivity contribution in [1.82, 2.24) is 29.8 Å². The van der Waals surface area contributed by atoms with Gasteiger partial charge >= 0.3 is 11.9 Å². The van der Waals surface area contributed by atoms with Crippen molar-refractivity contribution in [1.29, 1.82) is 0 Å². The summed E-state index contributed by atoms with van der Waals surface area (Å²) < 4.78 is 6.42. The van der Waals surface area contributed by atoms with Gasteiger partial charge in [-0.3, -0.25) is 14.3 Å². The third-order valence-corrected chi connectivity index (χ3v) is 5.03. The van der Waals surface area contributed by atoms with E-state index in [1.54, 1.807) is 30.6 Å². The summed E-state index contributed by atoms with van der Waals surface area (Å²) in [6.45, 7) is 6.90. The Labute approximate surface area is 182 Å². The lowest BCUT2D eigenvalue weighted by molar-refractivity contribution is -0.389. The second kappa shape index (κ2) is 9.45. The number of H-pyrrole nitrogens is 1. The summed E-state index contributed by atoms with van der Waals surface area (Å²) in [6, 6.07) is 0.386. The zero-order valence-corrected chi connectivity index (χ0v) is 17.9. The first-order valence-electron chi connectivity index (χ1n) is 9.98. The molecule has 0 saturated carbocycles. The number of aromatic nitrogens is 4. The predicted molar refractivity (Wildman–Crippen MR) is 110 cm³/mol. The molecule has 3 amide bonds. The van der Waals surface area contributed by atoms with Crippen LogP contribution in [0.3, 0.4) is 0 Å². The van der Waals surface area contributed by atoms with Gasteiger partial charge < -0.3 is 30.0 Å². The SMILES string of the molecule is CCOC(=O)N1CCN(C(=O)C(C)n2cc(NC(=O)c3cc([N+](=O)[O-])[nH]n3)c(C)n2)CC1. The van der Waals surface area contributed by atoms with Gasteiger partial charge in [0.1, 0.15) is 6.04 Å². The zero-order valence-electron chi connectivity index (χ0n) is 17.9. The van der Waals surface area contributed by atoms with E-state index in [1.165, 1.54) is 10.9 Å². The van der Waals surface area contributed by atoms with E-state index in [2.05, 4.69) is 20.6 Å². The van der Waals surface area contributed by atoms with E-state index in [4.69, 9.17) is 4.74 Å². The first-order chi connectivity index (χ1) is 15.2. The molecule has 0 aromatic carbocycles. The summed E-state index contributed by atoms with van der Waals surface area (Å²) in [6.07, 6.45) is 1.13. The van der Waals surface area contributed by atoms with Crippen molar-refractivity contribution in [2.45, 2.75) is 26.8 Å². The Morgan fingerprint density at radius 3 is 2.53 bits per heavy atom. The fourth-order valence-electron chi connectivity index (χ4n) is 3.21. The predicted octanol–water partition coefficient (Wildman–Crippen LogP) is 0.937. The lowest BCUT2D eigenvalue weighted by Crippen LogP contribution is -2.52. The Kier molecular flexibility index (Phi) is 6.70. The molecule has 1 atom stereocenters. The number of ether oxygens (including phenoxy) is 1. The van der Waals surface area contributed by atoms with E-state index in [-0.39, 0.29) is 11.6 Å². The molecule has 1 saturated heterocycles. The van der Waals surface area contributed by atoms with Crippen molar-refractivity contribution >= 4 is 29.4 Å². The maximum Gasteiger partial charge on any atom is 0.409 e. The van der Waals surface area contributed by atoms with Gasteiger partial charge in [0.15, 0.2) is 5.69 Å². The molecule has 3 rings (SSSR count). The van der Waals surface area contributed by atoms with Crippen LogP contribution in [0.4, 0.5) is 16.3 Å². The lowest BCUT2D eigenvalue weighted by Gasteiger charge is -2.35. The summed E-state index contributed by atoms with van der Waals surface area (Å²) in [4.78, 5) is 50.3. The number of nitrogens with one attached hydrogen (secondary N) is 2. The number of piperazine rings is 1. The Morgan fingerprint density at radius 1 is 1.28 bits per heavy atom. The van der Waals surface area contributed by atoms with Gasteiger partial charge in [0.2, 0.25) is 5.91 Å². The van der Waals surface area contributed by atoms with E-state index in [1.807, 2.05) is 0 Å². The minimum absolute atomic E-state index is 0.146. The molecule has 1 unspecified atom stereocenters. The molecule has 0 aliphatic carbocycles. The van der Waals surface area contributed by atoms with Crippen LogP contribution >= 0.6 is 0 Å². The highest BCUT2D eigenvalue weighted by Crippen LogP contribution is 2.20. The van der Waals surface area contributed by atoms with Crippen LogP contribution in [0.15, 0.2) is 12.3 Å². The smallest absolute Gasteiger partial charge is 0.409 e. The number of carbonyl (C=O) groups excluding carboxylic acids is 3. The molecule has 32 heavy (non-hydrogen) atoms. The van der Waals surface area contributed by atoms with Gasteiger partial charge in [0.05, 0.1) is 24.1 Å². The van der Waals surface area contributed by atoms with Crippen LogP contribution in [0.5, 0.6) is 0 Å². The fraction of sp³-hybridized carbons (Fsp3) is 0.500. The summed E-state index contributed by atoms with van der Waals surface area (Å²) in [5, 5.41) is 23.4. The number of nitro groups is 1. The normalized spacial score (nSPS) is 14.7. The third-order valence-electron chi connectivity index (χ3n) is 5.03. The zero-order chi connectivity index (χ0) is 23.4. The van der Waals surface area contributed by atoms with E-state index in [0.717, 1.165) is 6.07 Å². The van der Waals surface area contributed by atoms with E-state index in [0.29, 0.717) is 44.2 Å². The van der Waals surface area contributed by atoms with Gasteiger partial charge in [0, 0.05) is 32.4 Å². The van der Waals surface area contributed by atoms with Gasteiger partial charge in [-0.05, 0) is 25.7 Å². The van der Waals surface area contributed by atoms with E-state index < -0.39 is 28.8 Å². The molecule has 0 bridgehead atoms. The molecular formula is C18H24N8O6. The summed E-state index contributed by atoms with van der Waals surface area (Å²) in [5.74, 6) is -1.22. The summed E-state index contributed by atoms with van der Waals surface area (Å²) >= 11 is 0. The minimum atomic E-state index is -0.688. The lowest BCUT2D eigenvalue weighted by atomic mass is 10.2. The number of aryl methyl sites for hydroxylation is 1. The van der Waals surface area contributed by atoms with Crippen LogP contribution in [0, 0.1) is 17.0 Å². The van der Waals surface area contributed by atoms with E-state index >= 15 is 0 Å². The molecular weight excluding hydrogens is 424 g/mol. The molecule has 14 heteroatoms. The second-order valence-corrected chi connectivity index (χ2v) is 7.15. The number of anilines is 1. The number of aromatic amines is 1. The second-order valence-electron chi connectivity index (χ2n) is 7.15. The molecule has 172 valence electrons. The van der Waals surface area contributed by atoms with Gasteiger partial charge in [-0.25, -0.2) is 4.79 Å². The highest BCUT2D eigenvalue weighted by Gasteiger charge is 2.29.